The van der Waals surface area contributed by atoms with Gasteiger partial charge in [-0.15, -0.1) is 0 Å². The van der Waals surface area contributed by atoms with Crippen molar-refractivity contribution in [2.75, 3.05) is 0 Å². The van der Waals surface area contributed by atoms with Gasteiger partial charge in [0.25, 0.3) is 0 Å². The van der Waals surface area contributed by atoms with Crippen LogP contribution in [0.3, 0.4) is 0 Å². The highest BCUT2D eigenvalue weighted by molar-refractivity contribution is 5.75. The number of ether oxygens (including phenoxy) is 1. The largest absolute Gasteiger partial charge is 0.488 e. The molecule has 3 nitrogen and oxygen atoms in total. The average molecular weight is 264 g/mol. The lowest BCUT2D eigenvalue weighted by atomic mass is 10.1. The van der Waals surface area contributed by atoms with Gasteiger partial charge in [0.1, 0.15) is 17.7 Å². The topological polar surface area (TPSA) is 27.1 Å². The van der Waals surface area contributed by atoms with Crippen LogP contribution in [0, 0.1) is 6.92 Å². The summed E-state index contributed by atoms with van der Waals surface area (Å²) in [4.78, 5) is 4.61. The molecule has 0 N–H and O–H groups in total. The van der Waals surface area contributed by atoms with Crippen LogP contribution in [0.1, 0.15) is 11.4 Å². The summed E-state index contributed by atoms with van der Waals surface area (Å²) in [5.41, 5.74) is 3.55. The molecule has 1 unspecified atom stereocenters. The van der Waals surface area contributed by atoms with Crippen LogP contribution in [-0.2, 0) is 13.0 Å². The van der Waals surface area contributed by atoms with Gasteiger partial charge in [0, 0.05) is 6.42 Å². The highest BCUT2D eigenvalue weighted by Crippen LogP contribution is 2.29. The van der Waals surface area contributed by atoms with E-state index >= 15 is 0 Å². The second-order valence-electron chi connectivity index (χ2n) is 5.31. The van der Waals surface area contributed by atoms with Crippen molar-refractivity contribution in [2.24, 2.45) is 0 Å². The molecule has 2 heterocycles. The fraction of sp³-hybridized carbons (Fsp3) is 0.235. The molecule has 0 fully saturated rings. The number of hydrogen-bond acceptors (Lipinski definition) is 2. The summed E-state index contributed by atoms with van der Waals surface area (Å²) in [5.74, 6) is 2.07. The molecule has 0 radical (unpaired) electrons. The fourth-order valence-electron chi connectivity index (χ4n) is 2.99. The molecule has 0 saturated carbocycles. The molecule has 0 aliphatic carbocycles. The molecule has 1 atom stereocenters. The minimum absolute atomic E-state index is 0.198. The Bertz CT molecular complexity index is 751. The van der Waals surface area contributed by atoms with Gasteiger partial charge in [-0.05, 0) is 30.7 Å². The average Bonchev–Trinajstić information content (AvgIpc) is 3.00. The quantitative estimate of drug-likeness (QED) is 0.709. The smallest absolute Gasteiger partial charge is 0.123 e. The number of aryl methyl sites for hydroxylation is 1. The van der Waals surface area contributed by atoms with Crippen molar-refractivity contribution in [3.05, 3.63) is 59.9 Å². The molecular formula is C17H16N2O. The molecule has 3 aromatic rings. The number of hydrogen-bond donors (Lipinski definition) is 0. The van der Waals surface area contributed by atoms with Gasteiger partial charge in [-0.3, -0.25) is 0 Å². The van der Waals surface area contributed by atoms with Crippen molar-refractivity contribution in [1.82, 2.24) is 9.55 Å². The van der Waals surface area contributed by atoms with E-state index in [2.05, 4.69) is 46.8 Å². The lowest BCUT2D eigenvalue weighted by Gasteiger charge is -2.13. The molecular weight excluding hydrogens is 248 g/mol. The minimum Gasteiger partial charge on any atom is -0.488 e. The number of rotatable bonds is 2. The van der Waals surface area contributed by atoms with Crippen LogP contribution in [0.4, 0.5) is 0 Å². The Hall–Kier alpha value is -2.29. The van der Waals surface area contributed by atoms with Gasteiger partial charge in [-0.25, -0.2) is 4.98 Å². The first-order valence-corrected chi connectivity index (χ1v) is 6.98. The first-order valence-electron chi connectivity index (χ1n) is 6.98. The lowest BCUT2D eigenvalue weighted by Crippen LogP contribution is -2.21. The Kier molecular flexibility index (Phi) is 2.52. The number of para-hydroxylation sites is 3. The van der Waals surface area contributed by atoms with E-state index in [1.807, 2.05) is 18.2 Å². The molecule has 1 aromatic heterocycles. The van der Waals surface area contributed by atoms with Gasteiger partial charge in [-0.1, -0.05) is 30.3 Å². The monoisotopic (exact) mass is 264 g/mol. The highest BCUT2D eigenvalue weighted by atomic mass is 16.5. The second kappa shape index (κ2) is 4.37. The summed E-state index contributed by atoms with van der Waals surface area (Å²) in [6.45, 7) is 2.91. The van der Waals surface area contributed by atoms with Crippen molar-refractivity contribution in [3.63, 3.8) is 0 Å². The van der Waals surface area contributed by atoms with Crippen LogP contribution in [-0.4, -0.2) is 15.7 Å². The summed E-state index contributed by atoms with van der Waals surface area (Å²) in [7, 11) is 0. The van der Waals surface area contributed by atoms with Gasteiger partial charge in [0.2, 0.25) is 0 Å². The third-order valence-corrected chi connectivity index (χ3v) is 3.95. The number of aromatic nitrogens is 2. The summed E-state index contributed by atoms with van der Waals surface area (Å²) < 4.78 is 8.29. The van der Waals surface area contributed by atoms with E-state index < -0.39 is 0 Å². The van der Waals surface area contributed by atoms with E-state index in [1.54, 1.807) is 0 Å². The summed E-state index contributed by atoms with van der Waals surface area (Å²) >= 11 is 0. The van der Waals surface area contributed by atoms with Crippen LogP contribution >= 0.6 is 0 Å². The molecule has 3 heteroatoms. The first-order chi connectivity index (χ1) is 9.81. The van der Waals surface area contributed by atoms with Crippen LogP contribution in [0.25, 0.3) is 11.0 Å². The molecule has 0 spiro atoms. The third-order valence-electron chi connectivity index (χ3n) is 3.95. The van der Waals surface area contributed by atoms with Crippen LogP contribution in [0.5, 0.6) is 5.75 Å². The number of fused-ring (bicyclic) bond motifs is 2. The first kappa shape index (κ1) is 11.5. The predicted molar refractivity (Wildman–Crippen MR) is 79.0 cm³/mol. The maximum atomic E-state index is 6.04. The molecule has 100 valence electrons. The van der Waals surface area contributed by atoms with Crippen molar-refractivity contribution < 1.29 is 4.74 Å². The molecule has 0 amide bonds. The summed E-state index contributed by atoms with van der Waals surface area (Å²) in [6.07, 6.45) is 1.17. The van der Waals surface area contributed by atoms with Gasteiger partial charge in [0.15, 0.2) is 0 Å². The number of nitrogens with zero attached hydrogens (tertiary/aromatic N) is 2. The standard InChI is InChI=1S/C17H16N2O/c1-12-18-15-7-3-4-8-16(15)19(12)11-14-10-13-6-2-5-9-17(13)20-14/h2-9,14H,10-11H2,1H3. The predicted octanol–water partition coefficient (Wildman–Crippen LogP) is 3.35. The second-order valence-corrected chi connectivity index (χ2v) is 5.31. The van der Waals surface area contributed by atoms with Crippen LogP contribution < -0.4 is 4.74 Å². The van der Waals surface area contributed by atoms with E-state index in [-0.39, 0.29) is 6.10 Å². The summed E-state index contributed by atoms with van der Waals surface area (Å²) in [6, 6.07) is 16.6. The van der Waals surface area contributed by atoms with E-state index in [0.29, 0.717) is 0 Å². The maximum absolute atomic E-state index is 6.04. The van der Waals surface area contributed by atoms with Crippen molar-refractivity contribution >= 4 is 11.0 Å². The van der Waals surface area contributed by atoms with E-state index in [0.717, 1.165) is 30.1 Å². The number of imidazole rings is 1. The zero-order valence-corrected chi connectivity index (χ0v) is 11.4. The van der Waals surface area contributed by atoms with Gasteiger partial charge in [-0.2, -0.15) is 0 Å². The molecule has 20 heavy (non-hydrogen) atoms. The molecule has 4 rings (SSSR count). The van der Waals surface area contributed by atoms with E-state index in [4.69, 9.17) is 4.74 Å². The molecule has 1 aliphatic heterocycles. The van der Waals surface area contributed by atoms with Crippen molar-refractivity contribution in [1.29, 1.82) is 0 Å². The van der Waals surface area contributed by atoms with E-state index in [9.17, 15) is 0 Å². The maximum Gasteiger partial charge on any atom is 0.123 e. The zero-order valence-electron chi connectivity index (χ0n) is 11.4. The third kappa shape index (κ3) is 1.78. The Labute approximate surface area is 117 Å². The number of benzene rings is 2. The zero-order chi connectivity index (χ0) is 13.5. The van der Waals surface area contributed by atoms with Crippen LogP contribution in [0.15, 0.2) is 48.5 Å². The van der Waals surface area contributed by atoms with Crippen molar-refractivity contribution in [3.8, 4) is 5.75 Å². The summed E-state index contributed by atoms with van der Waals surface area (Å²) in [5, 5.41) is 0. The van der Waals surface area contributed by atoms with Crippen LogP contribution in [0.2, 0.25) is 0 Å². The molecule has 2 aromatic carbocycles. The molecule has 1 aliphatic rings. The minimum atomic E-state index is 0.198. The lowest BCUT2D eigenvalue weighted by molar-refractivity contribution is 0.210. The fourth-order valence-corrected chi connectivity index (χ4v) is 2.99. The molecule has 0 bridgehead atoms. The highest BCUT2D eigenvalue weighted by Gasteiger charge is 2.23. The van der Waals surface area contributed by atoms with Gasteiger partial charge in [0.05, 0.1) is 17.6 Å². The Morgan fingerprint density at radius 1 is 1.15 bits per heavy atom. The normalized spacial score (nSPS) is 17.1. The SMILES string of the molecule is Cc1nc2ccccc2n1CC1Cc2ccccc2O1. The Balaban J connectivity index is 1.65. The van der Waals surface area contributed by atoms with Crippen molar-refractivity contribution in [2.45, 2.75) is 26.0 Å². The van der Waals surface area contributed by atoms with Gasteiger partial charge < -0.3 is 9.30 Å². The Morgan fingerprint density at radius 3 is 2.85 bits per heavy atom. The van der Waals surface area contributed by atoms with Gasteiger partial charge >= 0.3 is 0 Å². The van der Waals surface area contributed by atoms with E-state index in [1.165, 1.54) is 11.1 Å². The Morgan fingerprint density at radius 2 is 1.95 bits per heavy atom. The molecule has 0 saturated heterocycles.